The van der Waals surface area contributed by atoms with Crippen molar-refractivity contribution in [3.8, 4) is 0 Å². The van der Waals surface area contributed by atoms with E-state index in [9.17, 15) is 13.6 Å². The Morgan fingerprint density at radius 2 is 2.06 bits per heavy atom. The molecule has 0 aliphatic carbocycles. The Morgan fingerprint density at radius 3 is 2.59 bits per heavy atom. The molecule has 1 aromatic rings. The van der Waals surface area contributed by atoms with Crippen LogP contribution in [0.4, 0.5) is 14.5 Å². The number of anilines is 1. The van der Waals surface area contributed by atoms with Crippen LogP contribution >= 0.6 is 11.8 Å². The summed E-state index contributed by atoms with van der Waals surface area (Å²) in [4.78, 5) is 12.2. The smallest absolute Gasteiger partial charge is 0.150 e. The molecule has 1 atom stereocenters. The van der Waals surface area contributed by atoms with Gasteiger partial charge in [-0.2, -0.15) is 11.8 Å². The first-order chi connectivity index (χ1) is 8.11. The molecule has 0 radical (unpaired) electrons. The van der Waals surface area contributed by atoms with Crippen LogP contribution in [-0.2, 0) is 0 Å². The molecule has 0 N–H and O–H groups in total. The number of nitrogens with zero attached hydrogens (tertiary/aromatic N) is 1. The maximum atomic E-state index is 13.8. The van der Waals surface area contributed by atoms with Crippen LogP contribution in [0.5, 0.6) is 0 Å². The number of halogens is 2. The van der Waals surface area contributed by atoms with E-state index in [1.807, 2.05) is 6.92 Å². The highest BCUT2D eigenvalue weighted by molar-refractivity contribution is 8.00. The summed E-state index contributed by atoms with van der Waals surface area (Å²) in [5, 5.41) is 0.355. The standard InChI is InChI=1S/C12H13F2NOS/c1-8-6-15(2-3-17-8)12-10(13)4-9(7-16)5-11(12)14/h4-5,7-8H,2-3,6H2,1H3. The summed E-state index contributed by atoms with van der Waals surface area (Å²) in [6.45, 7) is 3.29. The molecular weight excluding hydrogens is 244 g/mol. The lowest BCUT2D eigenvalue weighted by Crippen LogP contribution is -2.37. The second kappa shape index (κ2) is 5.04. The average Bonchev–Trinajstić information content (AvgIpc) is 2.28. The molecule has 1 aliphatic rings. The fourth-order valence-electron chi connectivity index (χ4n) is 1.98. The summed E-state index contributed by atoms with van der Waals surface area (Å²) in [7, 11) is 0. The van der Waals surface area contributed by atoms with Gasteiger partial charge in [-0.25, -0.2) is 8.78 Å². The lowest BCUT2D eigenvalue weighted by atomic mass is 10.1. The second-order valence-corrected chi connectivity index (χ2v) is 5.62. The van der Waals surface area contributed by atoms with E-state index in [2.05, 4.69) is 0 Å². The molecule has 2 rings (SSSR count). The average molecular weight is 257 g/mol. The number of aldehydes is 1. The van der Waals surface area contributed by atoms with E-state index in [0.29, 0.717) is 24.6 Å². The molecule has 0 bridgehead atoms. The Hall–Kier alpha value is -1.10. The number of thioether (sulfide) groups is 1. The van der Waals surface area contributed by atoms with E-state index in [0.717, 1.165) is 17.9 Å². The van der Waals surface area contributed by atoms with Gasteiger partial charge in [0.1, 0.15) is 23.6 Å². The summed E-state index contributed by atoms with van der Waals surface area (Å²) in [5.74, 6) is -0.465. The van der Waals surface area contributed by atoms with Crippen LogP contribution in [0.1, 0.15) is 17.3 Å². The van der Waals surface area contributed by atoms with Crippen LogP contribution in [0.3, 0.4) is 0 Å². The molecule has 92 valence electrons. The van der Waals surface area contributed by atoms with Crippen molar-refractivity contribution in [2.24, 2.45) is 0 Å². The number of hydrogen-bond acceptors (Lipinski definition) is 3. The number of benzene rings is 1. The molecule has 17 heavy (non-hydrogen) atoms. The van der Waals surface area contributed by atoms with Crippen molar-refractivity contribution in [3.63, 3.8) is 0 Å². The van der Waals surface area contributed by atoms with Crippen LogP contribution in [0.25, 0.3) is 0 Å². The number of rotatable bonds is 2. The molecule has 1 aromatic carbocycles. The Bertz CT molecular complexity index is 416. The number of carbonyl (C=O) groups excluding carboxylic acids is 1. The second-order valence-electron chi connectivity index (χ2n) is 4.08. The Balaban J connectivity index is 2.34. The van der Waals surface area contributed by atoms with Gasteiger partial charge in [0.2, 0.25) is 0 Å². The van der Waals surface area contributed by atoms with E-state index >= 15 is 0 Å². The zero-order chi connectivity index (χ0) is 12.4. The highest BCUT2D eigenvalue weighted by Crippen LogP contribution is 2.29. The maximum absolute atomic E-state index is 13.8. The fourth-order valence-corrected chi connectivity index (χ4v) is 2.99. The number of hydrogen-bond donors (Lipinski definition) is 0. The van der Waals surface area contributed by atoms with E-state index in [4.69, 9.17) is 0 Å². The molecule has 0 aromatic heterocycles. The van der Waals surface area contributed by atoms with Crippen LogP contribution in [0, 0.1) is 11.6 Å². The minimum Gasteiger partial charge on any atom is -0.365 e. The Kier molecular flexibility index (Phi) is 3.66. The van der Waals surface area contributed by atoms with Crippen molar-refractivity contribution >= 4 is 23.7 Å². The van der Waals surface area contributed by atoms with Gasteiger partial charge in [0.25, 0.3) is 0 Å². The zero-order valence-electron chi connectivity index (χ0n) is 9.45. The van der Waals surface area contributed by atoms with Crippen molar-refractivity contribution in [1.82, 2.24) is 0 Å². The molecule has 1 saturated heterocycles. The summed E-state index contributed by atoms with van der Waals surface area (Å²) in [6.07, 6.45) is 0.449. The maximum Gasteiger partial charge on any atom is 0.150 e. The van der Waals surface area contributed by atoms with Gasteiger partial charge in [0.15, 0.2) is 0 Å². The van der Waals surface area contributed by atoms with Crippen molar-refractivity contribution < 1.29 is 13.6 Å². The highest BCUT2D eigenvalue weighted by Gasteiger charge is 2.23. The quantitative estimate of drug-likeness (QED) is 0.760. The summed E-state index contributed by atoms with van der Waals surface area (Å²) in [5.41, 5.74) is 0.0194. The topological polar surface area (TPSA) is 20.3 Å². The third kappa shape index (κ3) is 2.60. The van der Waals surface area contributed by atoms with E-state index in [1.54, 1.807) is 16.7 Å². The molecule has 1 aliphatic heterocycles. The third-order valence-electron chi connectivity index (χ3n) is 2.73. The van der Waals surface area contributed by atoms with Gasteiger partial charge in [0, 0.05) is 29.7 Å². The van der Waals surface area contributed by atoms with Gasteiger partial charge in [-0.15, -0.1) is 0 Å². The van der Waals surface area contributed by atoms with E-state index in [-0.39, 0.29) is 11.3 Å². The SMILES string of the molecule is CC1CN(c2c(F)cc(C=O)cc2F)CCS1. The molecule has 0 spiro atoms. The third-order valence-corrected chi connectivity index (χ3v) is 3.87. The Morgan fingerprint density at radius 1 is 1.41 bits per heavy atom. The predicted molar refractivity (Wildman–Crippen MR) is 65.9 cm³/mol. The van der Waals surface area contributed by atoms with Gasteiger partial charge in [-0.05, 0) is 12.1 Å². The van der Waals surface area contributed by atoms with Crippen molar-refractivity contribution in [3.05, 3.63) is 29.3 Å². The monoisotopic (exact) mass is 257 g/mol. The molecule has 1 unspecified atom stereocenters. The molecular formula is C12H13F2NOS. The first kappa shape index (κ1) is 12.4. The summed E-state index contributed by atoms with van der Waals surface area (Å²) < 4.78 is 27.5. The number of carbonyl (C=O) groups is 1. The van der Waals surface area contributed by atoms with Gasteiger partial charge in [0.05, 0.1) is 0 Å². The first-order valence-electron chi connectivity index (χ1n) is 5.42. The van der Waals surface area contributed by atoms with Crippen molar-refractivity contribution in [1.29, 1.82) is 0 Å². The Labute approximate surface area is 103 Å². The van der Waals surface area contributed by atoms with Crippen LogP contribution in [0.2, 0.25) is 0 Å². The van der Waals surface area contributed by atoms with Gasteiger partial charge >= 0.3 is 0 Å². The molecule has 2 nitrogen and oxygen atoms in total. The lowest BCUT2D eigenvalue weighted by molar-refractivity contribution is 0.112. The van der Waals surface area contributed by atoms with Gasteiger partial charge in [-0.3, -0.25) is 4.79 Å². The minimum absolute atomic E-state index is 0.0113. The van der Waals surface area contributed by atoms with E-state index in [1.165, 1.54) is 0 Å². The van der Waals surface area contributed by atoms with Crippen LogP contribution < -0.4 is 4.90 Å². The molecule has 0 amide bonds. The fraction of sp³-hybridized carbons (Fsp3) is 0.417. The predicted octanol–water partition coefficient (Wildman–Crippen LogP) is 2.72. The van der Waals surface area contributed by atoms with E-state index < -0.39 is 11.6 Å². The lowest BCUT2D eigenvalue weighted by Gasteiger charge is -2.32. The largest absolute Gasteiger partial charge is 0.365 e. The summed E-state index contributed by atoms with van der Waals surface area (Å²) in [6, 6.07) is 2.16. The first-order valence-corrected chi connectivity index (χ1v) is 6.47. The van der Waals surface area contributed by atoms with Gasteiger partial charge in [-0.1, -0.05) is 6.92 Å². The highest BCUT2D eigenvalue weighted by atomic mass is 32.2. The van der Waals surface area contributed by atoms with Gasteiger partial charge < -0.3 is 4.90 Å². The van der Waals surface area contributed by atoms with Crippen molar-refractivity contribution in [2.45, 2.75) is 12.2 Å². The molecule has 1 fully saturated rings. The van der Waals surface area contributed by atoms with Crippen molar-refractivity contribution in [2.75, 3.05) is 23.7 Å². The molecule has 1 heterocycles. The summed E-state index contributed by atoms with van der Waals surface area (Å²) >= 11 is 1.79. The minimum atomic E-state index is -0.661. The molecule has 0 saturated carbocycles. The zero-order valence-corrected chi connectivity index (χ0v) is 10.3. The van der Waals surface area contributed by atoms with Crippen LogP contribution in [-0.4, -0.2) is 30.4 Å². The normalized spacial score (nSPS) is 20.4. The molecule has 5 heteroatoms. The van der Waals surface area contributed by atoms with Crippen LogP contribution in [0.15, 0.2) is 12.1 Å².